The Morgan fingerprint density at radius 1 is 1.35 bits per heavy atom. The number of hydrogen-bond acceptors (Lipinski definition) is 6. The van der Waals surface area contributed by atoms with E-state index in [1.807, 2.05) is 35.5 Å². The van der Waals surface area contributed by atoms with Gasteiger partial charge in [-0.3, -0.25) is 14.6 Å². The van der Waals surface area contributed by atoms with Gasteiger partial charge in [0.05, 0.1) is 29.2 Å². The number of rotatable bonds is 6. The van der Waals surface area contributed by atoms with Crippen LogP contribution in [0, 0.1) is 5.82 Å². The fourth-order valence-electron chi connectivity index (χ4n) is 3.87. The number of Topliss-reactive ketones (excluding diaryl/α,β-unsaturated/α-hetero) is 1. The van der Waals surface area contributed by atoms with Crippen LogP contribution in [-0.2, 0) is 17.6 Å². The van der Waals surface area contributed by atoms with Crippen molar-refractivity contribution in [3.8, 4) is 11.1 Å². The predicted molar refractivity (Wildman–Crippen MR) is 120 cm³/mol. The van der Waals surface area contributed by atoms with Gasteiger partial charge in [-0.1, -0.05) is 12.1 Å². The first-order valence-corrected chi connectivity index (χ1v) is 10.9. The number of nitrogens with two attached hydrogens (primary N) is 1. The Morgan fingerprint density at radius 2 is 2.19 bits per heavy atom. The van der Waals surface area contributed by atoms with Crippen LogP contribution < -0.4 is 16.0 Å². The van der Waals surface area contributed by atoms with Gasteiger partial charge in [-0.25, -0.2) is 4.39 Å². The van der Waals surface area contributed by atoms with Gasteiger partial charge in [0.2, 0.25) is 0 Å². The Morgan fingerprint density at radius 3 is 2.97 bits per heavy atom. The van der Waals surface area contributed by atoms with E-state index in [9.17, 15) is 14.0 Å². The summed E-state index contributed by atoms with van der Waals surface area (Å²) in [5.41, 5.74) is 10.2. The van der Waals surface area contributed by atoms with Crippen LogP contribution in [0.2, 0.25) is 0 Å². The van der Waals surface area contributed by atoms with Crippen molar-refractivity contribution < 1.29 is 14.0 Å². The van der Waals surface area contributed by atoms with Gasteiger partial charge < -0.3 is 16.0 Å². The van der Waals surface area contributed by atoms with E-state index in [1.54, 1.807) is 12.3 Å². The molecule has 1 aromatic carbocycles. The first-order chi connectivity index (χ1) is 14.9. The second-order valence-electron chi connectivity index (χ2n) is 7.67. The van der Waals surface area contributed by atoms with E-state index in [-0.39, 0.29) is 30.1 Å². The molecule has 0 bridgehead atoms. The van der Waals surface area contributed by atoms with E-state index < -0.39 is 0 Å². The van der Waals surface area contributed by atoms with Crippen molar-refractivity contribution in [1.82, 2.24) is 10.3 Å². The SMILES string of the molecule is CN1CC(=O)Cc2nccc(-c3csc(C(=O)N[C@H](CN)Cc4cccc(F)c4)c3)c21. The Labute approximate surface area is 183 Å². The highest BCUT2D eigenvalue weighted by Gasteiger charge is 2.25. The second-order valence-corrected chi connectivity index (χ2v) is 8.58. The standard InChI is InChI=1S/C23H23FN4O2S/c1-28-12-18(29)10-20-22(28)19(5-6-26-20)15-9-21(31-13-15)23(30)27-17(11-25)8-14-3-2-4-16(24)7-14/h2-7,9,13,17H,8,10-12,25H2,1H3,(H,27,30)/t17-/m0/s1. The topological polar surface area (TPSA) is 88.3 Å². The smallest absolute Gasteiger partial charge is 0.261 e. The lowest BCUT2D eigenvalue weighted by Gasteiger charge is -2.28. The number of aromatic nitrogens is 1. The summed E-state index contributed by atoms with van der Waals surface area (Å²) in [5, 5.41) is 4.88. The quantitative estimate of drug-likeness (QED) is 0.618. The highest BCUT2D eigenvalue weighted by Crippen LogP contribution is 2.36. The molecule has 3 heterocycles. The van der Waals surface area contributed by atoms with Crippen LogP contribution in [-0.4, -0.2) is 42.9 Å². The Bertz CT molecular complexity index is 1130. The molecule has 1 amide bonds. The van der Waals surface area contributed by atoms with E-state index >= 15 is 0 Å². The molecule has 1 atom stereocenters. The summed E-state index contributed by atoms with van der Waals surface area (Å²) in [6.07, 6.45) is 2.47. The molecule has 3 aromatic rings. The molecular formula is C23H23FN4O2S. The number of halogens is 1. The van der Waals surface area contributed by atoms with Crippen LogP contribution >= 0.6 is 11.3 Å². The van der Waals surface area contributed by atoms with Crippen LogP contribution in [0.5, 0.6) is 0 Å². The van der Waals surface area contributed by atoms with E-state index in [0.29, 0.717) is 24.3 Å². The first-order valence-electron chi connectivity index (χ1n) is 9.99. The summed E-state index contributed by atoms with van der Waals surface area (Å²) in [5.74, 6) is -0.388. The zero-order chi connectivity index (χ0) is 22.0. The lowest BCUT2D eigenvalue weighted by Crippen LogP contribution is -2.41. The summed E-state index contributed by atoms with van der Waals surface area (Å²) in [6.45, 7) is 0.596. The number of nitrogens with zero attached hydrogens (tertiary/aromatic N) is 2. The molecule has 0 radical (unpaired) electrons. The number of thiophene rings is 1. The largest absolute Gasteiger partial charge is 0.365 e. The van der Waals surface area contributed by atoms with Crippen molar-refractivity contribution in [3.05, 3.63) is 69.9 Å². The van der Waals surface area contributed by atoms with Gasteiger partial charge in [0.25, 0.3) is 5.91 Å². The molecule has 0 unspecified atom stereocenters. The highest BCUT2D eigenvalue weighted by molar-refractivity contribution is 7.12. The Balaban J connectivity index is 1.52. The third kappa shape index (κ3) is 4.65. The lowest BCUT2D eigenvalue weighted by molar-refractivity contribution is -0.117. The minimum absolute atomic E-state index is 0.135. The van der Waals surface area contributed by atoms with Crippen LogP contribution in [0.15, 0.2) is 48.0 Å². The minimum Gasteiger partial charge on any atom is -0.365 e. The normalized spacial score (nSPS) is 14.3. The molecule has 0 fully saturated rings. The summed E-state index contributed by atoms with van der Waals surface area (Å²) in [4.78, 5) is 31.5. The number of hydrogen-bond donors (Lipinski definition) is 2. The maximum atomic E-state index is 13.4. The number of carbonyl (C=O) groups excluding carboxylic acids is 2. The van der Waals surface area contributed by atoms with Gasteiger partial charge in [0.1, 0.15) is 5.82 Å². The van der Waals surface area contributed by atoms with Crippen LogP contribution in [0.4, 0.5) is 10.1 Å². The summed E-state index contributed by atoms with van der Waals surface area (Å²) >= 11 is 1.35. The number of carbonyl (C=O) groups is 2. The summed E-state index contributed by atoms with van der Waals surface area (Å²) in [7, 11) is 1.87. The Kier molecular flexibility index (Phi) is 6.11. The number of benzene rings is 1. The molecule has 2 aromatic heterocycles. The van der Waals surface area contributed by atoms with E-state index in [1.165, 1.54) is 23.5 Å². The first kappa shape index (κ1) is 21.1. The number of amides is 1. The number of pyridine rings is 1. The predicted octanol–water partition coefficient (Wildman–Crippen LogP) is 2.81. The Hall–Kier alpha value is -3.10. The molecule has 0 saturated heterocycles. The molecule has 0 aliphatic carbocycles. The van der Waals surface area contributed by atoms with Crippen molar-refractivity contribution in [2.45, 2.75) is 18.9 Å². The lowest BCUT2D eigenvalue weighted by atomic mass is 9.99. The molecule has 1 aliphatic heterocycles. The third-order valence-corrected chi connectivity index (χ3v) is 6.21. The van der Waals surface area contributed by atoms with Gasteiger partial charge in [0.15, 0.2) is 5.78 Å². The molecule has 1 aliphatic rings. The van der Waals surface area contributed by atoms with Crippen LogP contribution in [0.3, 0.4) is 0 Å². The van der Waals surface area contributed by atoms with Crippen molar-refractivity contribution in [3.63, 3.8) is 0 Å². The number of ketones is 1. The van der Waals surface area contributed by atoms with Crippen molar-refractivity contribution in [2.75, 3.05) is 25.0 Å². The van der Waals surface area contributed by atoms with Crippen molar-refractivity contribution >= 4 is 28.7 Å². The highest BCUT2D eigenvalue weighted by atomic mass is 32.1. The average molecular weight is 439 g/mol. The molecule has 0 spiro atoms. The molecule has 6 nitrogen and oxygen atoms in total. The van der Waals surface area contributed by atoms with E-state index in [2.05, 4.69) is 10.3 Å². The molecule has 31 heavy (non-hydrogen) atoms. The zero-order valence-electron chi connectivity index (χ0n) is 17.1. The molecule has 8 heteroatoms. The van der Waals surface area contributed by atoms with Gasteiger partial charge in [-0.2, -0.15) is 0 Å². The zero-order valence-corrected chi connectivity index (χ0v) is 17.9. The van der Waals surface area contributed by atoms with Gasteiger partial charge >= 0.3 is 0 Å². The molecule has 3 N–H and O–H groups in total. The summed E-state index contributed by atoms with van der Waals surface area (Å²) < 4.78 is 13.4. The fraction of sp³-hybridized carbons (Fsp3) is 0.261. The molecule has 160 valence electrons. The number of fused-ring (bicyclic) bond motifs is 1. The van der Waals surface area contributed by atoms with Gasteiger partial charge in [0, 0.05) is 31.4 Å². The molecule has 4 rings (SSSR count). The average Bonchev–Trinajstić information content (AvgIpc) is 3.23. The maximum absolute atomic E-state index is 13.4. The van der Waals surface area contributed by atoms with Gasteiger partial charge in [-0.15, -0.1) is 11.3 Å². The number of likely N-dealkylation sites (N-methyl/N-ethyl adjacent to an activating group) is 1. The maximum Gasteiger partial charge on any atom is 0.261 e. The van der Waals surface area contributed by atoms with Crippen molar-refractivity contribution in [2.24, 2.45) is 5.73 Å². The fourth-order valence-corrected chi connectivity index (χ4v) is 4.68. The van der Waals surface area contributed by atoms with Crippen LogP contribution in [0.1, 0.15) is 20.9 Å². The third-order valence-electron chi connectivity index (χ3n) is 5.29. The van der Waals surface area contributed by atoms with Gasteiger partial charge in [-0.05, 0) is 47.2 Å². The minimum atomic E-state index is -0.310. The monoisotopic (exact) mass is 438 g/mol. The summed E-state index contributed by atoms with van der Waals surface area (Å²) in [6, 6.07) is 9.74. The van der Waals surface area contributed by atoms with E-state index in [4.69, 9.17) is 5.73 Å². The van der Waals surface area contributed by atoms with Crippen molar-refractivity contribution in [1.29, 1.82) is 0 Å². The van der Waals surface area contributed by atoms with E-state index in [0.717, 1.165) is 28.1 Å². The number of anilines is 1. The number of nitrogens with one attached hydrogen (secondary N) is 1. The van der Waals surface area contributed by atoms with Crippen LogP contribution in [0.25, 0.3) is 11.1 Å². The second kappa shape index (κ2) is 8.95. The molecular weight excluding hydrogens is 415 g/mol. The molecule has 0 saturated carbocycles.